The fourth-order valence-electron chi connectivity index (χ4n) is 3.91. The zero-order valence-corrected chi connectivity index (χ0v) is 18.0. The summed E-state index contributed by atoms with van der Waals surface area (Å²) in [5.41, 5.74) is 0.915. The van der Waals surface area contributed by atoms with E-state index in [1.165, 1.54) is 0 Å². The van der Waals surface area contributed by atoms with Crippen molar-refractivity contribution in [2.45, 2.75) is 25.3 Å². The van der Waals surface area contributed by atoms with E-state index in [-0.39, 0.29) is 24.4 Å². The van der Waals surface area contributed by atoms with Crippen molar-refractivity contribution in [3.63, 3.8) is 0 Å². The molecule has 8 nitrogen and oxygen atoms in total. The minimum Gasteiger partial charge on any atom is -0.379 e. The second kappa shape index (κ2) is 11.4. The van der Waals surface area contributed by atoms with E-state index >= 15 is 0 Å². The molecule has 0 spiro atoms. The van der Waals surface area contributed by atoms with Gasteiger partial charge in [-0.15, -0.1) is 12.4 Å². The number of carbonyl (C=O) groups excluding carboxylic acids is 1. The minimum absolute atomic E-state index is 0. The maximum Gasteiger partial charge on any atom is 0.227 e. The number of rotatable bonds is 8. The number of nitrogens with zero attached hydrogens (tertiary/aromatic N) is 4. The Morgan fingerprint density at radius 2 is 2.03 bits per heavy atom. The van der Waals surface area contributed by atoms with Gasteiger partial charge in [0.15, 0.2) is 0 Å². The highest BCUT2D eigenvalue weighted by atomic mass is 35.5. The number of aromatic nitrogens is 2. The average molecular weight is 436 g/mol. The molecule has 1 N–H and O–H groups in total. The minimum atomic E-state index is 0. The molecule has 2 saturated heterocycles. The molecule has 0 bridgehead atoms. The predicted octanol–water partition coefficient (Wildman–Crippen LogP) is 1.61. The Balaban J connectivity index is 0.00000256. The zero-order valence-electron chi connectivity index (χ0n) is 17.2. The topological polar surface area (TPSA) is 83.7 Å². The Kier molecular flexibility index (Phi) is 8.62. The van der Waals surface area contributed by atoms with Crippen molar-refractivity contribution in [2.75, 3.05) is 52.5 Å². The molecule has 0 aliphatic carbocycles. The van der Waals surface area contributed by atoms with Gasteiger partial charge in [0.05, 0.1) is 13.2 Å². The molecule has 2 fully saturated rings. The first kappa shape index (κ1) is 22.7. The standard InChI is InChI=1S/C21H29N5O3.ClH/c27-20(7-6-19-23-21(24-29-19)17-4-2-1-3-5-17)26(18-8-9-22-16-18)11-10-25-12-14-28-15-13-25;/h1-5,18,22H,6-16H2;1H. The zero-order chi connectivity index (χ0) is 19.9. The number of hydrogen-bond donors (Lipinski definition) is 1. The quantitative estimate of drug-likeness (QED) is 0.674. The van der Waals surface area contributed by atoms with Gasteiger partial charge in [0.25, 0.3) is 0 Å². The second-order valence-corrected chi connectivity index (χ2v) is 7.57. The van der Waals surface area contributed by atoms with Gasteiger partial charge < -0.3 is 19.5 Å². The monoisotopic (exact) mass is 435 g/mol. The second-order valence-electron chi connectivity index (χ2n) is 7.57. The Bertz CT molecular complexity index is 776. The highest BCUT2D eigenvalue weighted by molar-refractivity contribution is 5.85. The molecule has 0 radical (unpaired) electrons. The number of ether oxygens (including phenoxy) is 1. The van der Waals surface area contributed by atoms with E-state index in [1.807, 2.05) is 35.2 Å². The first-order valence-electron chi connectivity index (χ1n) is 10.5. The molecule has 1 aromatic carbocycles. The van der Waals surface area contributed by atoms with E-state index in [4.69, 9.17) is 9.26 Å². The van der Waals surface area contributed by atoms with E-state index in [1.54, 1.807) is 0 Å². The van der Waals surface area contributed by atoms with Gasteiger partial charge in [-0.25, -0.2) is 0 Å². The smallest absolute Gasteiger partial charge is 0.227 e. The maximum atomic E-state index is 13.0. The molecule has 0 saturated carbocycles. The molecule has 1 unspecified atom stereocenters. The highest BCUT2D eigenvalue weighted by Gasteiger charge is 2.27. The van der Waals surface area contributed by atoms with Gasteiger partial charge in [0.1, 0.15) is 0 Å². The Labute approximate surface area is 183 Å². The molecule has 2 aliphatic rings. The number of hydrogen-bond acceptors (Lipinski definition) is 7. The Hall–Kier alpha value is -2.00. The molecule has 2 aliphatic heterocycles. The number of benzene rings is 1. The highest BCUT2D eigenvalue weighted by Crippen LogP contribution is 2.16. The third kappa shape index (κ3) is 6.01. The van der Waals surface area contributed by atoms with Gasteiger partial charge in [-0.3, -0.25) is 9.69 Å². The van der Waals surface area contributed by atoms with E-state index in [0.717, 1.165) is 64.5 Å². The number of halogens is 1. The molecule has 164 valence electrons. The van der Waals surface area contributed by atoms with Crippen molar-refractivity contribution < 1.29 is 14.1 Å². The van der Waals surface area contributed by atoms with Crippen molar-refractivity contribution >= 4 is 18.3 Å². The molecule has 3 heterocycles. The van der Waals surface area contributed by atoms with Gasteiger partial charge >= 0.3 is 0 Å². The number of carbonyl (C=O) groups is 1. The summed E-state index contributed by atoms with van der Waals surface area (Å²) in [7, 11) is 0. The van der Waals surface area contributed by atoms with Gasteiger partial charge in [-0.2, -0.15) is 4.98 Å². The summed E-state index contributed by atoms with van der Waals surface area (Å²) in [5.74, 6) is 1.23. The molecule has 1 amide bonds. The van der Waals surface area contributed by atoms with Gasteiger partial charge in [-0.05, 0) is 13.0 Å². The van der Waals surface area contributed by atoms with Crippen LogP contribution in [-0.2, 0) is 16.0 Å². The average Bonchev–Trinajstić information content (AvgIpc) is 3.46. The summed E-state index contributed by atoms with van der Waals surface area (Å²) in [6.45, 7) is 6.92. The van der Waals surface area contributed by atoms with Crippen molar-refractivity contribution in [1.29, 1.82) is 0 Å². The summed E-state index contributed by atoms with van der Waals surface area (Å²) in [4.78, 5) is 21.9. The van der Waals surface area contributed by atoms with E-state index in [0.29, 0.717) is 24.6 Å². The van der Waals surface area contributed by atoms with Crippen LogP contribution in [0.4, 0.5) is 0 Å². The third-order valence-electron chi connectivity index (χ3n) is 5.61. The predicted molar refractivity (Wildman–Crippen MR) is 116 cm³/mol. The molecule has 9 heteroatoms. The lowest BCUT2D eigenvalue weighted by molar-refractivity contribution is -0.133. The number of aryl methyl sites for hydroxylation is 1. The SMILES string of the molecule is Cl.O=C(CCc1nc(-c2ccccc2)no1)N(CCN1CCOCC1)C1CCNC1. The number of amides is 1. The van der Waals surface area contributed by atoms with Crippen LogP contribution in [0.15, 0.2) is 34.9 Å². The van der Waals surface area contributed by atoms with Crippen LogP contribution < -0.4 is 5.32 Å². The van der Waals surface area contributed by atoms with E-state index < -0.39 is 0 Å². The molecule has 2 aromatic rings. The fraction of sp³-hybridized carbons (Fsp3) is 0.571. The molecule has 30 heavy (non-hydrogen) atoms. The summed E-state index contributed by atoms with van der Waals surface area (Å²) in [6, 6.07) is 9.99. The summed E-state index contributed by atoms with van der Waals surface area (Å²) < 4.78 is 10.8. The summed E-state index contributed by atoms with van der Waals surface area (Å²) in [6.07, 6.45) is 1.86. The normalized spacial score (nSPS) is 19.4. The molecular formula is C21H30ClN5O3. The van der Waals surface area contributed by atoms with Gasteiger partial charge in [-0.1, -0.05) is 35.5 Å². The Morgan fingerprint density at radius 3 is 2.77 bits per heavy atom. The molecule has 4 rings (SSSR count). The van der Waals surface area contributed by atoms with Crippen LogP contribution in [0.5, 0.6) is 0 Å². The third-order valence-corrected chi connectivity index (χ3v) is 5.61. The number of morpholine rings is 1. The summed E-state index contributed by atoms with van der Waals surface area (Å²) >= 11 is 0. The van der Waals surface area contributed by atoms with Crippen molar-refractivity contribution in [3.8, 4) is 11.4 Å². The van der Waals surface area contributed by atoms with Crippen LogP contribution in [0.2, 0.25) is 0 Å². The molecule has 1 aromatic heterocycles. The van der Waals surface area contributed by atoms with Crippen molar-refractivity contribution in [1.82, 2.24) is 25.3 Å². The molecular weight excluding hydrogens is 406 g/mol. The van der Waals surface area contributed by atoms with Crippen molar-refractivity contribution in [2.24, 2.45) is 0 Å². The fourth-order valence-corrected chi connectivity index (χ4v) is 3.91. The maximum absolute atomic E-state index is 13.0. The number of nitrogens with one attached hydrogen (secondary N) is 1. The summed E-state index contributed by atoms with van der Waals surface area (Å²) in [5, 5.41) is 7.42. The van der Waals surface area contributed by atoms with Crippen LogP contribution in [0.3, 0.4) is 0 Å². The van der Waals surface area contributed by atoms with E-state index in [9.17, 15) is 4.79 Å². The lowest BCUT2D eigenvalue weighted by Crippen LogP contribution is -2.47. The van der Waals surface area contributed by atoms with Crippen LogP contribution in [0.1, 0.15) is 18.7 Å². The van der Waals surface area contributed by atoms with Crippen LogP contribution in [0, 0.1) is 0 Å². The van der Waals surface area contributed by atoms with Crippen LogP contribution in [-0.4, -0.2) is 84.4 Å². The van der Waals surface area contributed by atoms with Crippen LogP contribution >= 0.6 is 12.4 Å². The lowest BCUT2D eigenvalue weighted by atomic mass is 10.1. The van der Waals surface area contributed by atoms with Gasteiger partial charge in [0, 0.05) is 57.2 Å². The largest absolute Gasteiger partial charge is 0.379 e. The van der Waals surface area contributed by atoms with E-state index in [2.05, 4.69) is 20.4 Å². The van der Waals surface area contributed by atoms with Crippen molar-refractivity contribution in [3.05, 3.63) is 36.2 Å². The Morgan fingerprint density at radius 1 is 1.23 bits per heavy atom. The van der Waals surface area contributed by atoms with Gasteiger partial charge in [0.2, 0.25) is 17.6 Å². The first-order valence-corrected chi connectivity index (χ1v) is 10.5. The van der Waals surface area contributed by atoms with Crippen LogP contribution in [0.25, 0.3) is 11.4 Å². The molecule has 1 atom stereocenters. The first-order chi connectivity index (χ1) is 14.3. The lowest BCUT2D eigenvalue weighted by Gasteiger charge is -2.33.